The standard InChI is InChI=1S/C13H16FN3O2/c1-13(2,6-3-7-15)9-16-11-5-4-10(14)8-12(11)17(18)19/h4-5,8,16H,3,6,9H2,1-2H3. The van der Waals surface area contributed by atoms with E-state index >= 15 is 0 Å². The first-order valence-electron chi connectivity index (χ1n) is 5.90. The van der Waals surface area contributed by atoms with Crippen molar-refractivity contribution in [3.63, 3.8) is 0 Å². The van der Waals surface area contributed by atoms with E-state index in [9.17, 15) is 14.5 Å². The Bertz CT molecular complexity index is 509. The highest BCUT2D eigenvalue weighted by molar-refractivity contribution is 5.61. The Morgan fingerprint density at radius 3 is 2.79 bits per heavy atom. The number of nitriles is 1. The van der Waals surface area contributed by atoms with Crippen LogP contribution in [-0.2, 0) is 0 Å². The van der Waals surface area contributed by atoms with Crippen LogP contribution in [-0.4, -0.2) is 11.5 Å². The normalized spacial score (nSPS) is 10.8. The van der Waals surface area contributed by atoms with Gasteiger partial charge in [-0.25, -0.2) is 4.39 Å². The van der Waals surface area contributed by atoms with E-state index in [0.717, 1.165) is 6.07 Å². The lowest BCUT2D eigenvalue weighted by molar-refractivity contribution is -0.384. The fourth-order valence-electron chi connectivity index (χ4n) is 1.62. The van der Waals surface area contributed by atoms with Gasteiger partial charge in [-0.1, -0.05) is 13.8 Å². The lowest BCUT2D eigenvalue weighted by Crippen LogP contribution is -2.23. The maximum absolute atomic E-state index is 13.0. The molecule has 1 aromatic rings. The lowest BCUT2D eigenvalue weighted by Gasteiger charge is -2.24. The molecule has 19 heavy (non-hydrogen) atoms. The molecule has 0 radical (unpaired) electrons. The van der Waals surface area contributed by atoms with Crippen LogP contribution in [0.5, 0.6) is 0 Å². The van der Waals surface area contributed by atoms with E-state index in [1.807, 2.05) is 13.8 Å². The second-order valence-electron chi connectivity index (χ2n) is 5.09. The average molecular weight is 265 g/mol. The second kappa shape index (κ2) is 6.14. The summed E-state index contributed by atoms with van der Waals surface area (Å²) in [5.41, 5.74) is -0.162. The van der Waals surface area contributed by atoms with Crippen LogP contribution in [0.4, 0.5) is 15.8 Å². The molecule has 1 N–H and O–H groups in total. The second-order valence-corrected chi connectivity index (χ2v) is 5.09. The molecule has 1 aromatic carbocycles. The highest BCUT2D eigenvalue weighted by Crippen LogP contribution is 2.28. The smallest absolute Gasteiger partial charge is 0.295 e. The minimum atomic E-state index is -0.638. The third-order valence-corrected chi connectivity index (χ3v) is 2.83. The van der Waals surface area contributed by atoms with Gasteiger partial charge in [0.1, 0.15) is 11.5 Å². The van der Waals surface area contributed by atoms with E-state index in [0.29, 0.717) is 19.4 Å². The molecule has 0 aliphatic rings. The molecule has 0 aromatic heterocycles. The maximum Gasteiger partial charge on any atom is 0.295 e. The van der Waals surface area contributed by atoms with Gasteiger partial charge in [-0.3, -0.25) is 10.1 Å². The Balaban J connectivity index is 2.78. The van der Waals surface area contributed by atoms with Crippen LogP contribution in [0, 0.1) is 32.7 Å². The predicted octanol–water partition coefficient (Wildman–Crippen LogP) is 3.48. The lowest BCUT2D eigenvalue weighted by atomic mass is 9.88. The molecule has 0 aliphatic carbocycles. The van der Waals surface area contributed by atoms with Gasteiger partial charge in [0.2, 0.25) is 0 Å². The Kier molecular flexibility index (Phi) is 4.81. The Hall–Kier alpha value is -2.16. The molecule has 0 fully saturated rings. The summed E-state index contributed by atoms with van der Waals surface area (Å²) < 4.78 is 13.0. The topological polar surface area (TPSA) is 79.0 Å². The number of nitrogens with zero attached hydrogens (tertiary/aromatic N) is 2. The molecule has 0 saturated heterocycles. The summed E-state index contributed by atoms with van der Waals surface area (Å²) in [5, 5.41) is 22.3. The number of nitro benzene ring substituents is 1. The van der Waals surface area contributed by atoms with E-state index in [-0.39, 0.29) is 16.8 Å². The van der Waals surface area contributed by atoms with Gasteiger partial charge >= 0.3 is 0 Å². The zero-order chi connectivity index (χ0) is 14.5. The molecule has 5 nitrogen and oxygen atoms in total. The summed E-state index contributed by atoms with van der Waals surface area (Å²) in [6.07, 6.45) is 1.12. The highest BCUT2D eigenvalue weighted by atomic mass is 19.1. The van der Waals surface area contributed by atoms with Crippen LogP contribution in [0.25, 0.3) is 0 Å². The molecule has 0 heterocycles. The van der Waals surface area contributed by atoms with Crippen LogP contribution in [0.15, 0.2) is 18.2 Å². The van der Waals surface area contributed by atoms with Crippen LogP contribution < -0.4 is 5.32 Å². The molecule has 0 bridgehead atoms. The molecule has 0 atom stereocenters. The summed E-state index contributed by atoms with van der Waals surface area (Å²) in [7, 11) is 0. The summed E-state index contributed by atoms with van der Waals surface area (Å²) in [6, 6.07) is 5.50. The number of hydrogen-bond acceptors (Lipinski definition) is 4. The first-order chi connectivity index (χ1) is 8.85. The van der Waals surface area contributed by atoms with Gasteiger partial charge in [0.15, 0.2) is 0 Å². The fourth-order valence-corrected chi connectivity index (χ4v) is 1.62. The minimum absolute atomic E-state index is 0.169. The molecule has 0 saturated carbocycles. The minimum Gasteiger partial charge on any atom is -0.379 e. The van der Waals surface area contributed by atoms with E-state index in [1.165, 1.54) is 12.1 Å². The zero-order valence-corrected chi connectivity index (χ0v) is 10.9. The highest BCUT2D eigenvalue weighted by Gasteiger charge is 2.20. The summed E-state index contributed by atoms with van der Waals surface area (Å²) in [4.78, 5) is 10.2. The van der Waals surface area contributed by atoms with Crippen molar-refractivity contribution >= 4 is 11.4 Å². The van der Waals surface area contributed by atoms with Gasteiger partial charge in [-0.2, -0.15) is 5.26 Å². The van der Waals surface area contributed by atoms with Crippen molar-refractivity contribution in [2.45, 2.75) is 26.7 Å². The summed E-state index contributed by atoms with van der Waals surface area (Å²) in [6.45, 7) is 4.40. The third kappa shape index (κ3) is 4.54. The SMILES string of the molecule is CC(C)(CCC#N)CNc1ccc(F)cc1[N+](=O)[O-]. The van der Waals surface area contributed by atoms with Gasteiger partial charge < -0.3 is 5.32 Å². The maximum atomic E-state index is 13.0. The number of hydrogen-bond donors (Lipinski definition) is 1. The zero-order valence-electron chi connectivity index (χ0n) is 10.9. The van der Waals surface area contributed by atoms with E-state index in [1.54, 1.807) is 0 Å². The van der Waals surface area contributed by atoms with Crippen LogP contribution >= 0.6 is 0 Å². The molecule has 0 unspecified atom stereocenters. The number of rotatable bonds is 6. The van der Waals surface area contributed by atoms with Gasteiger partial charge in [-0.05, 0) is 24.0 Å². The van der Waals surface area contributed by atoms with Crippen molar-refractivity contribution < 1.29 is 9.31 Å². The molecular weight excluding hydrogens is 249 g/mol. The number of nitro groups is 1. The molecule has 0 amide bonds. The average Bonchev–Trinajstić information content (AvgIpc) is 2.35. The van der Waals surface area contributed by atoms with Crippen molar-refractivity contribution in [1.82, 2.24) is 0 Å². The number of nitrogens with one attached hydrogen (secondary N) is 1. The monoisotopic (exact) mass is 265 g/mol. The first-order valence-corrected chi connectivity index (χ1v) is 5.90. The van der Waals surface area contributed by atoms with Gasteiger partial charge in [0, 0.05) is 13.0 Å². The number of anilines is 1. The molecule has 0 spiro atoms. The Labute approximate surface area is 111 Å². The Morgan fingerprint density at radius 2 is 2.21 bits per heavy atom. The Morgan fingerprint density at radius 1 is 1.53 bits per heavy atom. The van der Waals surface area contributed by atoms with E-state index < -0.39 is 10.7 Å². The van der Waals surface area contributed by atoms with Crippen LogP contribution in [0.2, 0.25) is 0 Å². The quantitative estimate of drug-likeness (QED) is 0.630. The van der Waals surface area contributed by atoms with Crippen molar-refractivity contribution in [2.75, 3.05) is 11.9 Å². The van der Waals surface area contributed by atoms with Crippen molar-refractivity contribution in [1.29, 1.82) is 5.26 Å². The first kappa shape index (κ1) is 14.9. The molecule has 0 aliphatic heterocycles. The van der Waals surface area contributed by atoms with Crippen molar-refractivity contribution in [3.05, 3.63) is 34.1 Å². The molecule has 6 heteroatoms. The van der Waals surface area contributed by atoms with Gasteiger partial charge in [0.25, 0.3) is 5.69 Å². The number of benzene rings is 1. The third-order valence-electron chi connectivity index (χ3n) is 2.83. The van der Waals surface area contributed by atoms with Crippen molar-refractivity contribution in [2.24, 2.45) is 5.41 Å². The molecular formula is C13H16FN3O2. The summed E-state index contributed by atoms with van der Waals surface area (Å²) >= 11 is 0. The fraction of sp³-hybridized carbons (Fsp3) is 0.462. The predicted molar refractivity (Wildman–Crippen MR) is 70.2 cm³/mol. The molecule has 102 valence electrons. The van der Waals surface area contributed by atoms with Crippen LogP contribution in [0.1, 0.15) is 26.7 Å². The van der Waals surface area contributed by atoms with Crippen molar-refractivity contribution in [3.8, 4) is 6.07 Å². The van der Waals surface area contributed by atoms with E-state index in [4.69, 9.17) is 5.26 Å². The molecule has 1 rings (SSSR count). The summed E-state index contributed by atoms with van der Waals surface area (Å²) in [5.74, 6) is -0.638. The number of halogens is 1. The van der Waals surface area contributed by atoms with Gasteiger partial charge in [0.05, 0.1) is 17.1 Å². The van der Waals surface area contributed by atoms with Crippen LogP contribution in [0.3, 0.4) is 0 Å². The van der Waals surface area contributed by atoms with Gasteiger partial charge in [-0.15, -0.1) is 0 Å². The van der Waals surface area contributed by atoms with E-state index in [2.05, 4.69) is 11.4 Å². The largest absolute Gasteiger partial charge is 0.379 e.